The predicted molar refractivity (Wildman–Crippen MR) is 56.9 cm³/mol. The smallest absolute Gasteiger partial charge is 0.337 e. The van der Waals surface area contributed by atoms with Crippen LogP contribution in [-0.2, 0) is 10.7 Å². The summed E-state index contributed by atoms with van der Waals surface area (Å²) in [5.41, 5.74) is 1.20. The molecule has 0 atom stereocenters. The minimum Gasteiger partial charge on any atom is -0.478 e. The number of hydrogen-bond donors (Lipinski definition) is 3. The quantitative estimate of drug-likeness (QED) is 0.661. The van der Waals surface area contributed by atoms with Crippen molar-refractivity contribution in [1.82, 2.24) is 0 Å². The second-order valence-electron chi connectivity index (χ2n) is 3.02. The van der Waals surface area contributed by atoms with Crippen molar-refractivity contribution in [2.24, 2.45) is 0 Å². The van der Waals surface area contributed by atoms with E-state index in [2.05, 4.69) is 5.32 Å². The highest BCUT2D eigenvalue weighted by molar-refractivity contribution is 7.72. The van der Waals surface area contributed by atoms with Gasteiger partial charge >= 0.3 is 5.97 Å². The van der Waals surface area contributed by atoms with E-state index in [0.717, 1.165) is 5.56 Å². The lowest BCUT2D eigenvalue weighted by atomic mass is 10.1. The third kappa shape index (κ3) is 3.25. The first-order valence-corrected chi connectivity index (χ1v) is 5.56. The Kier molecular flexibility index (Phi) is 3.68. The van der Waals surface area contributed by atoms with E-state index in [1.54, 1.807) is 19.1 Å². The monoisotopic (exact) mass is 229 g/mol. The maximum absolute atomic E-state index is 10.8. The first kappa shape index (κ1) is 11.5. The summed E-state index contributed by atoms with van der Waals surface area (Å²) < 4.78 is 20.7. The predicted octanol–water partition coefficient (Wildman–Crippen LogP) is 0.674. The van der Waals surface area contributed by atoms with Crippen molar-refractivity contribution in [2.45, 2.75) is 6.92 Å². The van der Waals surface area contributed by atoms with Crippen LogP contribution in [0.25, 0.3) is 0 Å². The summed E-state index contributed by atoms with van der Waals surface area (Å²) in [6.07, 6.45) is 0. The number of benzene rings is 1. The molecule has 15 heavy (non-hydrogen) atoms. The molecule has 0 saturated heterocycles. The third-order valence-electron chi connectivity index (χ3n) is 1.80. The highest BCUT2D eigenvalue weighted by Crippen LogP contribution is 2.16. The zero-order valence-corrected chi connectivity index (χ0v) is 8.95. The first-order chi connectivity index (χ1) is 7.00. The molecule has 0 aromatic heterocycles. The Morgan fingerprint density at radius 2 is 2.13 bits per heavy atom. The molecule has 0 bridgehead atoms. The van der Waals surface area contributed by atoms with Crippen molar-refractivity contribution >= 4 is 22.4 Å². The maximum atomic E-state index is 10.8. The lowest BCUT2D eigenvalue weighted by Crippen LogP contribution is -2.08. The summed E-state index contributed by atoms with van der Waals surface area (Å²) in [6.45, 7) is 1.77. The largest absolute Gasteiger partial charge is 0.478 e. The molecular weight excluding hydrogens is 218 g/mol. The van der Waals surface area contributed by atoms with Crippen LogP contribution in [0.2, 0.25) is 0 Å². The Bertz CT molecular complexity index is 445. The molecule has 1 aromatic rings. The average Bonchev–Trinajstić information content (AvgIpc) is 2.15. The lowest BCUT2D eigenvalue weighted by Gasteiger charge is -2.07. The number of hydrogen-bond acceptors (Lipinski definition) is 4. The van der Waals surface area contributed by atoms with Gasteiger partial charge < -0.3 is 10.4 Å². The van der Waals surface area contributed by atoms with E-state index in [1.165, 1.54) is 6.07 Å². The van der Waals surface area contributed by atoms with E-state index in [1.807, 2.05) is 0 Å². The molecule has 2 N–H and O–H groups in total. The summed E-state index contributed by atoms with van der Waals surface area (Å²) >= 11 is 0. The summed E-state index contributed by atoms with van der Waals surface area (Å²) in [5.74, 6) is -1.35. The van der Waals surface area contributed by atoms with Crippen molar-refractivity contribution in [2.75, 3.05) is 11.2 Å². The second kappa shape index (κ2) is 4.79. The molecule has 0 aliphatic rings. The van der Waals surface area contributed by atoms with Crippen molar-refractivity contribution in [3.05, 3.63) is 29.3 Å². The Hall–Kier alpha value is -1.56. The zero-order valence-electron chi connectivity index (χ0n) is 8.06. The van der Waals surface area contributed by atoms with E-state index >= 15 is 0 Å². The number of thiol groups is 1. The van der Waals surface area contributed by atoms with Crippen LogP contribution in [0.4, 0.5) is 5.69 Å². The number of nitrogens with one attached hydrogen (secondary N) is 1. The highest BCUT2D eigenvalue weighted by atomic mass is 32.2. The number of aryl methyl sites for hydroxylation is 1. The molecule has 0 heterocycles. The summed E-state index contributed by atoms with van der Waals surface area (Å²) in [7, 11) is -2.57. The van der Waals surface area contributed by atoms with Gasteiger partial charge in [0.05, 0.1) is 5.56 Å². The number of carboxylic acid groups (broad SMARTS) is 1. The van der Waals surface area contributed by atoms with Gasteiger partial charge in [0.15, 0.2) is 10.7 Å². The molecule has 82 valence electrons. The van der Waals surface area contributed by atoms with E-state index < -0.39 is 16.7 Å². The zero-order chi connectivity index (χ0) is 11.4. The first-order valence-electron chi connectivity index (χ1n) is 4.20. The van der Waals surface area contributed by atoms with Crippen molar-refractivity contribution < 1.29 is 18.3 Å². The van der Waals surface area contributed by atoms with Gasteiger partial charge in [0.2, 0.25) is 0 Å². The molecule has 5 nitrogen and oxygen atoms in total. The molecular formula is C9H11NO4S. The molecule has 0 saturated carbocycles. The van der Waals surface area contributed by atoms with E-state index in [9.17, 15) is 13.2 Å². The minimum atomic E-state index is -2.57. The van der Waals surface area contributed by atoms with Crippen LogP contribution in [0.5, 0.6) is 0 Å². The lowest BCUT2D eigenvalue weighted by molar-refractivity contribution is 0.0698. The fourth-order valence-electron chi connectivity index (χ4n) is 1.14. The summed E-state index contributed by atoms with van der Waals surface area (Å²) in [4.78, 5) is 10.8. The van der Waals surface area contributed by atoms with Crippen molar-refractivity contribution in [3.63, 3.8) is 0 Å². The topological polar surface area (TPSA) is 83.5 Å². The molecule has 0 aliphatic carbocycles. The Labute approximate surface area is 88.7 Å². The van der Waals surface area contributed by atoms with Crippen LogP contribution in [0, 0.1) is 6.92 Å². The van der Waals surface area contributed by atoms with E-state index in [0.29, 0.717) is 5.69 Å². The van der Waals surface area contributed by atoms with Crippen molar-refractivity contribution in [3.8, 4) is 0 Å². The molecule has 0 spiro atoms. The van der Waals surface area contributed by atoms with Gasteiger partial charge in [-0.25, -0.2) is 13.2 Å². The maximum Gasteiger partial charge on any atom is 0.337 e. The fourth-order valence-corrected chi connectivity index (χ4v) is 1.44. The van der Waals surface area contributed by atoms with E-state index in [-0.39, 0.29) is 11.4 Å². The highest BCUT2D eigenvalue weighted by Gasteiger charge is 2.09. The van der Waals surface area contributed by atoms with Crippen LogP contribution in [-0.4, -0.2) is 25.4 Å². The number of anilines is 1. The molecule has 1 aromatic carbocycles. The van der Waals surface area contributed by atoms with Gasteiger partial charge in [-0.05, 0) is 19.1 Å². The van der Waals surface area contributed by atoms with Gasteiger partial charge in [0.25, 0.3) is 0 Å². The van der Waals surface area contributed by atoms with Crippen LogP contribution in [0.15, 0.2) is 18.2 Å². The number of carbonyl (C=O) groups is 1. The minimum absolute atomic E-state index is 0.0758. The molecule has 1 rings (SSSR count). The van der Waals surface area contributed by atoms with Gasteiger partial charge in [-0.3, -0.25) is 0 Å². The van der Waals surface area contributed by atoms with Crippen molar-refractivity contribution in [1.29, 1.82) is 0 Å². The normalized spacial score (nSPS) is 10.3. The van der Waals surface area contributed by atoms with Gasteiger partial charge in [0, 0.05) is 5.69 Å². The van der Waals surface area contributed by atoms with Crippen LogP contribution in [0.1, 0.15) is 15.9 Å². The molecule has 0 amide bonds. The summed E-state index contributed by atoms with van der Waals surface area (Å²) in [6, 6.07) is 4.76. The SMILES string of the molecule is Cc1ccc(NC[SH](=O)=O)c(C(=O)O)c1. The molecule has 0 unspecified atom stereocenters. The Balaban J connectivity index is 3.00. The second-order valence-corrected chi connectivity index (χ2v) is 4.00. The molecule has 0 aliphatic heterocycles. The standard InChI is InChI=1S/C9H11NO4S/c1-6-2-3-8(10-5-15(13)14)7(4-6)9(11)12/h2-4,10,15H,5H2,1H3,(H,11,12). The molecule has 6 heteroatoms. The number of rotatable bonds is 4. The van der Waals surface area contributed by atoms with E-state index in [4.69, 9.17) is 5.11 Å². The van der Waals surface area contributed by atoms with Gasteiger partial charge in [-0.15, -0.1) is 0 Å². The summed E-state index contributed by atoms with van der Waals surface area (Å²) in [5, 5.41) is 11.4. The average molecular weight is 229 g/mol. The van der Waals surface area contributed by atoms with Crippen LogP contribution >= 0.6 is 0 Å². The van der Waals surface area contributed by atoms with Gasteiger partial charge in [-0.1, -0.05) is 11.6 Å². The number of aromatic carboxylic acids is 1. The Morgan fingerprint density at radius 3 is 2.67 bits per heavy atom. The molecule has 0 fully saturated rings. The fraction of sp³-hybridized carbons (Fsp3) is 0.222. The van der Waals surface area contributed by atoms with Crippen LogP contribution in [0.3, 0.4) is 0 Å². The number of carboxylic acids is 1. The van der Waals surface area contributed by atoms with Crippen LogP contribution < -0.4 is 5.32 Å². The van der Waals surface area contributed by atoms with Gasteiger partial charge in [-0.2, -0.15) is 0 Å². The molecule has 0 radical (unpaired) electrons. The van der Waals surface area contributed by atoms with Gasteiger partial charge in [0.1, 0.15) is 5.88 Å². The third-order valence-corrected chi connectivity index (χ3v) is 2.22. The Morgan fingerprint density at radius 1 is 1.47 bits per heavy atom.